The molecule has 0 aliphatic carbocycles. The molecule has 0 saturated carbocycles. The molecule has 63 heavy (non-hydrogen) atoms. The van der Waals surface area contributed by atoms with Gasteiger partial charge in [-0.15, -0.1) is 0 Å². The minimum absolute atomic E-state index is 0.0704. The predicted molar refractivity (Wildman–Crippen MR) is 270 cm³/mol. The largest absolute Gasteiger partial charge is 0.462 e. The number of rotatable bonds is 51. The first-order valence-electron chi connectivity index (χ1n) is 27.8. The standard InChI is InChI=1S/C57H106O6/c1-4-7-10-13-16-19-22-25-27-29-32-35-38-41-44-47-50-56(59)62-53-54(52-61-55(58)49-46-43-40-37-34-31-24-21-18-15-12-9-6-3)63-57(60)51-48-45-42-39-36-33-30-28-26-23-20-17-14-11-8-5-2/h19,22,27,29,54H,4-18,20-21,23-26,28,30-53H2,1-3H3/b22-19-,29-27-. The van der Waals surface area contributed by atoms with Crippen LogP contribution in [0.3, 0.4) is 0 Å². The van der Waals surface area contributed by atoms with Crippen molar-refractivity contribution in [1.82, 2.24) is 0 Å². The van der Waals surface area contributed by atoms with Gasteiger partial charge in [0.05, 0.1) is 0 Å². The molecule has 0 heterocycles. The first-order chi connectivity index (χ1) is 31.0. The van der Waals surface area contributed by atoms with E-state index in [1.54, 1.807) is 0 Å². The van der Waals surface area contributed by atoms with E-state index < -0.39 is 6.10 Å². The van der Waals surface area contributed by atoms with E-state index in [-0.39, 0.29) is 31.1 Å². The molecule has 0 amide bonds. The van der Waals surface area contributed by atoms with Crippen LogP contribution in [0, 0.1) is 0 Å². The summed E-state index contributed by atoms with van der Waals surface area (Å²) in [6.45, 7) is 6.65. The Morgan fingerprint density at radius 3 is 0.889 bits per heavy atom. The van der Waals surface area contributed by atoms with E-state index in [0.717, 1.165) is 77.0 Å². The third kappa shape index (κ3) is 50.7. The maximum atomic E-state index is 12.8. The lowest BCUT2D eigenvalue weighted by Gasteiger charge is -2.18. The Balaban J connectivity index is 4.35. The van der Waals surface area contributed by atoms with E-state index in [9.17, 15) is 14.4 Å². The number of esters is 3. The Labute approximate surface area is 392 Å². The van der Waals surface area contributed by atoms with E-state index in [4.69, 9.17) is 14.2 Å². The molecule has 0 bridgehead atoms. The molecule has 0 rings (SSSR count). The lowest BCUT2D eigenvalue weighted by atomic mass is 10.0. The number of unbranched alkanes of at least 4 members (excludes halogenated alkanes) is 36. The van der Waals surface area contributed by atoms with Gasteiger partial charge in [-0.05, 0) is 51.4 Å². The smallest absolute Gasteiger partial charge is 0.306 e. The second-order valence-electron chi connectivity index (χ2n) is 18.9. The highest BCUT2D eigenvalue weighted by Crippen LogP contribution is 2.16. The Morgan fingerprint density at radius 1 is 0.317 bits per heavy atom. The van der Waals surface area contributed by atoms with E-state index in [1.165, 1.54) is 186 Å². The second kappa shape index (κ2) is 52.5. The van der Waals surface area contributed by atoms with Crippen LogP contribution in [0.15, 0.2) is 24.3 Å². The molecule has 0 aromatic rings. The molecular formula is C57H106O6. The molecule has 6 nitrogen and oxygen atoms in total. The molecule has 1 atom stereocenters. The van der Waals surface area contributed by atoms with Crippen molar-refractivity contribution in [2.75, 3.05) is 13.2 Å². The fourth-order valence-electron chi connectivity index (χ4n) is 8.24. The number of ether oxygens (including phenoxy) is 3. The quantitative estimate of drug-likeness (QED) is 0.0262. The SMILES string of the molecule is CCCCCC/C=C\C/C=C\CCCCCCCC(=O)OCC(COC(=O)CCCCCCCCCCCCCCC)OC(=O)CCCCCCCCCCCCCCCCCC. The Bertz CT molecular complexity index is 1020. The average molecular weight is 887 g/mol. The minimum atomic E-state index is -0.771. The Hall–Kier alpha value is -2.11. The fraction of sp³-hybridized carbons (Fsp3) is 0.877. The first-order valence-corrected chi connectivity index (χ1v) is 27.8. The van der Waals surface area contributed by atoms with E-state index in [2.05, 4.69) is 45.1 Å². The molecule has 6 heteroatoms. The molecule has 0 spiro atoms. The highest BCUT2D eigenvalue weighted by Gasteiger charge is 2.19. The maximum Gasteiger partial charge on any atom is 0.306 e. The number of hydrogen-bond donors (Lipinski definition) is 0. The van der Waals surface area contributed by atoms with E-state index in [0.29, 0.717) is 19.3 Å². The second-order valence-corrected chi connectivity index (χ2v) is 18.9. The summed E-state index contributed by atoms with van der Waals surface area (Å²) < 4.78 is 16.8. The van der Waals surface area contributed by atoms with Gasteiger partial charge in [-0.25, -0.2) is 0 Å². The van der Waals surface area contributed by atoms with Crippen molar-refractivity contribution in [2.24, 2.45) is 0 Å². The van der Waals surface area contributed by atoms with Gasteiger partial charge in [0.2, 0.25) is 0 Å². The first kappa shape index (κ1) is 60.9. The predicted octanol–water partition coefficient (Wildman–Crippen LogP) is 18.3. The zero-order chi connectivity index (χ0) is 45.8. The molecule has 0 radical (unpaired) electrons. The zero-order valence-electron chi connectivity index (χ0n) is 42.4. The maximum absolute atomic E-state index is 12.8. The van der Waals surface area contributed by atoms with Gasteiger partial charge in [-0.2, -0.15) is 0 Å². The molecule has 0 aliphatic rings. The summed E-state index contributed by atoms with van der Waals surface area (Å²) in [5.74, 6) is -0.865. The number of carbonyl (C=O) groups excluding carboxylic acids is 3. The summed E-state index contributed by atoms with van der Waals surface area (Å²) >= 11 is 0. The van der Waals surface area contributed by atoms with Gasteiger partial charge in [0.1, 0.15) is 13.2 Å². The summed E-state index contributed by atoms with van der Waals surface area (Å²) in [6, 6.07) is 0. The van der Waals surface area contributed by atoms with Gasteiger partial charge >= 0.3 is 17.9 Å². The number of carbonyl (C=O) groups is 3. The molecule has 0 aromatic carbocycles. The van der Waals surface area contributed by atoms with Crippen molar-refractivity contribution in [3.05, 3.63) is 24.3 Å². The minimum Gasteiger partial charge on any atom is -0.462 e. The molecule has 1 unspecified atom stereocenters. The lowest BCUT2D eigenvalue weighted by Crippen LogP contribution is -2.30. The van der Waals surface area contributed by atoms with Crippen LogP contribution in [-0.4, -0.2) is 37.2 Å². The molecule has 0 aromatic heterocycles. The van der Waals surface area contributed by atoms with Crippen LogP contribution in [0.2, 0.25) is 0 Å². The van der Waals surface area contributed by atoms with Crippen molar-refractivity contribution in [3.8, 4) is 0 Å². The van der Waals surface area contributed by atoms with Crippen molar-refractivity contribution < 1.29 is 28.6 Å². The van der Waals surface area contributed by atoms with Gasteiger partial charge in [-0.1, -0.05) is 257 Å². The average Bonchev–Trinajstić information content (AvgIpc) is 3.28. The summed E-state index contributed by atoms with van der Waals surface area (Å²) in [5.41, 5.74) is 0. The summed E-state index contributed by atoms with van der Waals surface area (Å²) in [4.78, 5) is 38.1. The monoisotopic (exact) mass is 887 g/mol. The van der Waals surface area contributed by atoms with Gasteiger partial charge < -0.3 is 14.2 Å². The van der Waals surface area contributed by atoms with Crippen molar-refractivity contribution in [3.63, 3.8) is 0 Å². The third-order valence-corrected chi connectivity index (χ3v) is 12.5. The Kier molecular flexibility index (Phi) is 50.8. The molecule has 0 saturated heterocycles. The lowest BCUT2D eigenvalue weighted by molar-refractivity contribution is -0.167. The van der Waals surface area contributed by atoms with Gasteiger partial charge in [0.15, 0.2) is 6.10 Å². The van der Waals surface area contributed by atoms with Crippen molar-refractivity contribution in [1.29, 1.82) is 0 Å². The molecule has 0 fully saturated rings. The van der Waals surface area contributed by atoms with Gasteiger partial charge in [0.25, 0.3) is 0 Å². The van der Waals surface area contributed by atoms with Crippen LogP contribution in [-0.2, 0) is 28.6 Å². The Morgan fingerprint density at radius 2 is 0.571 bits per heavy atom. The van der Waals surface area contributed by atoms with E-state index >= 15 is 0 Å². The molecular weight excluding hydrogens is 781 g/mol. The fourth-order valence-corrected chi connectivity index (χ4v) is 8.24. The molecule has 0 N–H and O–H groups in total. The molecule has 370 valence electrons. The van der Waals surface area contributed by atoms with Crippen LogP contribution < -0.4 is 0 Å². The van der Waals surface area contributed by atoms with Crippen LogP contribution >= 0.6 is 0 Å². The van der Waals surface area contributed by atoms with Crippen molar-refractivity contribution in [2.45, 2.75) is 309 Å². The normalized spacial score (nSPS) is 12.1. The summed E-state index contributed by atoms with van der Waals surface area (Å²) in [5, 5.41) is 0. The van der Waals surface area contributed by atoms with E-state index in [1.807, 2.05) is 0 Å². The van der Waals surface area contributed by atoms with Gasteiger partial charge in [0, 0.05) is 19.3 Å². The van der Waals surface area contributed by atoms with Crippen LogP contribution in [0.5, 0.6) is 0 Å². The number of hydrogen-bond acceptors (Lipinski definition) is 6. The van der Waals surface area contributed by atoms with Crippen LogP contribution in [0.4, 0.5) is 0 Å². The third-order valence-electron chi connectivity index (χ3n) is 12.5. The number of allylic oxidation sites excluding steroid dienone is 4. The van der Waals surface area contributed by atoms with Gasteiger partial charge in [-0.3, -0.25) is 14.4 Å². The highest BCUT2D eigenvalue weighted by molar-refractivity contribution is 5.71. The van der Waals surface area contributed by atoms with Crippen LogP contribution in [0.1, 0.15) is 303 Å². The highest BCUT2D eigenvalue weighted by atomic mass is 16.6. The topological polar surface area (TPSA) is 78.9 Å². The van der Waals surface area contributed by atoms with Crippen molar-refractivity contribution >= 4 is 17.9 Å². The summed E-state index contributed by atoms with van der Waals surface area (Å²) in [6.07, 6.45) is 60.1. The zero-order valence-corrected chi connectivity index (χ0v) is 42.4. The molecule has 0 aliphatic heterocycles. The summed E-state index contributed by atoms with van der Waals surface area (Å²) in [7, 11) is 0. The van der Waals surface area contributed by atoms with Crippen LogP contribution in [0.25, 0.3) is 0 Å².